The van der Waals surface area contributed by atoms with Gasteiger partial charge in [-0.25, -0.2) is 0 Å². The number of alkyl halides is 1. The Morgan fingerprint density at radius 3 is 2.62 bits per heavy atom. The van der Waals surface area contributed by atoms with Gasteiger partial charge in [-0.1, -0.05) is 26.0 Å². The molecule has 0 aromatic heterocycles. The predicted octanol–water partition coefficient (Wildman–Crippen LogP) is 4.28. The Balaban J connectivity index is 2.71. The van der Waals surface area contributed by atoms with Crippen LogP contribution < -0.4 is 4.74 Å². The third kappa shape index (κ3) is 4.44. The molecule has 0 N–H and O–H groups in total. The number of hydrogen-bond acceptors (Lipinski definition) is 1. The third-order valence-electron chi connectivity index (χ3n) is 2.65. The summed E-state index contributed by atoms with van der Waals surface area (Å²) >= 11 is 6.06. The molecule has 0 heterocycles. The first-order chi connectivity index (χ1) is 7.43. The van der Waals surface area contributed by atoms with Gasteiger partial charge in [0.05, 0.1) is 7.11 Å². The minimum absolute atomic E-state index is 0.223. The van der Waals surface area contributed by atoms with Crippen LogP contribution in [-0.2, 0) is 6.42 Å². The van der Waals surface area contributed by atoms with Gasteiger partial charge in [0, 0.05) is 5.38 Å². The van der Waals surface area contributed by atoms with E-state index in [4.69, 9.17) is 16.3 Å². The normalized spacial score (nSPS) is 13.6. The highest BCUT2D eigenvalue weighted by Gasteiger charge is 2.20. The molecule has 1 atom stereocenters. The molecule has 0 saturated heterocycles. The average Bonchev–Trinajstić information content (AvgIpc) is 2.15. The highest BCUT2D eigenvalue weighted by molar-refractivity contribution is 6.20. The first kappa shape index (κ1) is 13.4. The van der Waals surface area contributed by atoms with Crippen molar-refractivity contribution in [2.45, 2.75) is 39.0 Å². The van der Waals surface area contributed by atoms with Crippen molar-refractivity contribution in [3.8, 4) is 5.75 Å². The molecule has 1 nitrogen and oxygen atoms in total. The van der Waals surface area contributed by atoms with Gasteiger partial charge < -0.3 is 4.74 Å². The minimum Gasteiger partial charge on any atom is -0.497 e. The first-order valence-electron chi connectivity index (χ1n) is 5.70. The molecule has 2 heteroatoms. The monoisotopic (exact) mass is 240 g/mol. The molecule has 0 aliphatic carbocycles. The van der Waals surface area contributed by atoms with Crippen molar-refractivity contribution in [1.82, 2.24) is 0 Å². The summed E-state index contributed by atoms with van der Waals surface area (Å²) in [5.74, 6) is 0.923. The lowest BCUT2D eigenvalue weighted by Crippen LogP contribution is -2.18. The van der Waals surface area contributed by atoms with Crippen LogP contribution in [0.5, 0.6) is 5.75 Å². The lowest BCUT2D eigenvalue weighted by atomic mass is 9.82. The van der Waals surface area contributed by atoms with Crippen LogP contribution in [0.3, 0.4) is 0 Å². The molecule has 1 aromatic carbocycles. The van der Waals surface area contributed by atoms with Crippen molar-refractivity contribution in [2.75, 3.05) is 7.11 Å². The standard InChI is InChI=1S/C14H21ClO/c1-11(15)9-14(2,3)10-12-6-5-7-13(8-12)16-4/h5-8,11H,9-10H2,1-4H3. The summed E-state index contributed by atoms with van der Waals surface area (Å²) in [6.07, 6.45) is 2.05. The molecule has 1 aromatic rings. The third-order valence-corrected chi connectivity index (χ3v) is 2.80. The first-order valence-corrected chi connectivity index (χ1v) is 6.13. The summed E-state index contributed by atoms with van der Waals surface area (Å²) in [6, 6.07) is 8.25. The molecular weight excluding hydrogens is 220 g/mol. The van der Waals surface area contributed by atoms with Gasteiger partial charge in [-0.2, -0.15) is 0 Å². The average molecular weight is 241 g/mol. The summed E-state index contributed by atoms with van der Waals surface area (Å²) in [5.41, 5.74) is 1.54. The van der Waals surface area contributed by atoms with Crippen molar-refractivity contribution in [1.29, 1.82) is 0 Å². The molecule has 16 heavy (non-hydrogen) atoms. The lowest BCUT2D eigenvalue weighted by molar-refractivity contribution is 0.331. The summed E-state index contributed by atoms with van der Waals surface area (Å²) < 4.78 is 5.22. The smallest absolute Gasteiger partial charge is 0.119 e. The van der Waals surface area contributed by atoms with E-state index in [0.717, 1.165) is 18.6 Å². The maximum atomic E-state index is 6.06. The fourth-order valence-electron chi connectivity index (χ4n) is 2.17. The Morgan fingerprint density at radius 2 is 2.06 bits per heavy atom. The van der Waals surface area contributed by atoms with E-state index in [9.17, 15) is 0 Å². The maximum absolute atomic E-state index is 6.06. The van der Waals surface area contributed by atoms with E-state index >= 15 is 0 Å². The van der Waals surface area contributed by atoms with Gasteiger partial charge in [0.15, 0.2) is 0 Å². The fourth-order valence-corrected chi connectivity index (χ4v) is 2.59. The molecule has 0 aliphatic heterocycles. The molecule has 90 valence electrons. The van der Waals surface area contributed by atoms with Crippen molar-refractivity contribution in [2.24, 2.45) is 5.41 Å². The van der Waals surface area contributed by atoms with E-state index in [1.165, 1.54) is 5.56 Å². The highest BCUT2D eigenvalue weighted by Crippen LogP contribution is 2.30. The van der Waals surface area contributed by atoms with Crippen molar-refractivity contribution in [3.05, 3.63) is 29.8 Å². The topological polar surface area (TPSA) is 9.23 Å². The Bertz CT molecular complexity index is 331. The van der Waals surface area contributed by atoms with E-state index in [0.29, 0.717) is 0 Å². The molecule has 0 fully saturated rings. The van der Waals surface area contributed by atoms with Crippen LogP contribution in [0.4, 0.5) is 0 Å². The largest absolute Gasteiger partial charge is 0.497 e. The van der Waals surface area contributed by atoms with Crippen LogP contribution >= 0.6 is 11.6 Å². The van der Waals surface area contributed by atoms with Crippen LogP contribution in [0.2, 0.25) is 0 Å². The van der Waals surface area contributed by atoms with Gasteiger partial charge in [0.25, 0.3) is 0 Å². The van der Waals surface area contributed by atoms with E-state index in [-0.39, 0.29) is 10.8 Å². The molecule has 0 amide bonds. The van der Waals surface area contributed by atoms with Crippen molar-refractivity contribution in [3.63, 3.8) is 0 Å². The second-order valence-electron chi connectivity index (χ2n) is 5.18. The SMILES string of the molecule is COc1cccc(CC(C)(C)CC(C)Cl)c1. The van der Waals surface area contributed by atoms with Crippen LogP contribution in [0.15, 0.2) is 24.3 Å². The lowest BCUT2D eigenvalue weighted by Gasteiger charge is -2.26. The number of ether oxygens (including phenoxy) is 1. The number of methoxy groups -OCH3 is 1. The van der Waals surface area contributed by atoms with Crippen molar-refractivity contribution >= 4 is 11.6 Å². The van der Waals surface area contributed by atoms with Gasteiger partial charge >= 0.3 is 0 Å². The summed E-state index contributed by atoms with van der Waals surface area (Å²) in [5, 5.41) is 0.223. The summed E-state index contributed by atoms with van der Waals surface area (Å²) in [4.78, 5) is 0. The second-order valence-corrected chi connectivity index (χ2v) is 5.92. The minimum atomic E-state index is 0.223. The van der Waals surface area contributed by atoms with Crippen LogP contribution in [0.25, 0.3) is 0 Å². The molecule has 0 spiro atoms. The molecule has 0 saturated carbocycles. The zero-order valence-corrected chi connectivity index (χ0v) is 11.3. The van der Waals surface area contributed by atoms with Gasteiger partial charge in [-0.05, 0) is 42.9 Å². The van der Waals surface area contributed by atoms with Crippen molar-refractivity contribution < 1.29 is 4.74 Å². The molecule has 1 rings (SSSR count). The zero-order chi connectivity index (χ0) is 12.2. The van der Waals surface area contributed by atoms with Gasteiger partial charge in [-0.3, -0.25) is 0 Å². The van der Waals surface area contributed by atoms with E-state index in [2.05, 4.69) is 32.9 Å². The van der Waals surface area contributed by atoms with Gasteiger partial charge in [0.1, 0.15) is 5.75 Å². The molecule has 1 unspecified atom stereocenters. The van der Waals surface area contributed by atoms with Crippen LogP contribution in [0, 0.1) is 5.41 Å². The Kier molecular flexibility index (Phi) is 4.67. The molecular formula is C14H21ClO. The summed E-state index contributed by atoms with van der Waals surface area (Å²) in [6.45, 7) is 6.56. The van der Waals surface area contributed by atoms with Crippen LogP contribution in [-0.4, -0.2) is 12.5 Å². The van der Waals surface area contributed by atoms with E-state index in [1.807, 2.05) is 12.1 Å². The zero-order valence-electron chi connectivity index (χ0n) is 10.6. The highest BCUT2D eigenvalue weighted by atomic mass is 35.5. The van der Waals surface area contributed by atoms with Gasteiger partial charge in [-0.15, -0.1) is 11.6 Å². The molecule has 0 radical (unpaired) electrons. The van der Waals surface area contributed by atoms with Crippen LogP contribution in [0.1, 0.15) is 32.8 Å². The van der Waals surface area contributed by atoms with Gasteiger partial charge in [0.2, 0.25) is 0 Å². The number of rotatable bonds is 5. The maximum Gasteiger partial charge on any atom is 0.119 e. The summed E-state index contributed by atoms with van der Waals surface area (Å²) in [7, 11) is 1.70. The Morgan fingerprint density at radius 1 is 1.38 bits per heavy atom. The number of halogens is 1. The quantitative estimate of drug-likeness (QED) is 0.698. The Labute approximate surface area is 104 Å². The number of benzene rings is 1. The molecule has 0 bridgehead atoms. The predicted molar refractivity (Wildman–Crippen MR) is 70.4 cm³/mol. The second kappa shape index (κ2) is 5.58. The fraction of sp³-hybridized carbons (Fsp3) is 0.571. The van der Waals surface area contributed by atoms with E-state index < -0.39 is 0 Å². The van der Waals surface area contributed by atoms with E-state index in [1.54, 1.807) is 7.11 Å². The molecule has 0 aliphatic rings. The number of hydrogen-bond donors (Lipinski definition) is 0. The Hall–Kier alpha value is -0.690.